The second-order valence-electron chi connectivity index (χ2n) is 8.22. The summed E-state index contributed by atoms with van der Waals surface area (Å²) in [4.78, 5) is 21.4. The number of fused-ring (bicyclic) bond motifs is 1. The minimum atomic E-state index is -4.54. The molecule has 1 amide bonds. The number of pyridine rings is 1. The summed E-state index contributed by atoms with van der Waals surface area (Å²) in [6.45, 7) is 2.04. The number of alkyl halides is 3. The van der Waals surface area contributed by atoms with Gasteiger partial charge >= 0.3 is 6.18 Å². The van der Waals surface area contributed by atoms with Crippen LogP contribution in [-0.4, -0.2) is 50.1 Å². The summed E-state index contributed by atoms with van der Waals surface area (Å²) >= 11 is 0. The number of likely N-dealkylation sites (tertiary alicyclic amines) is 1. The van der Waals surface area contributed by atoms with Crippen molar-refractivity contribution in [2.45, 2.75) is 25.4 Å². The Morgan fingerprint density at radius 1 is 1.06 bits per heavy atom. The van der Waals surface area contributed by atoms with Crippen molar-refractivity contribution < 1.29 is 39.8 Å². The maximum absolute atomic E-state index is 13.1. The van der Waals surface area contributed by atoms with Gasteiger partial charge in [0.05, 0.1) is 24.2 Å². The first-order chi connectivity index (χ1) is 16.9. The van der Waals surface area contributed by atoms with Crippen LogP contribution < -0.4 is 4.74 Å². The van der Waals surface area contributed by atoms with Crippen molar-refractivity contribution in [3.8, 4) is 28.3 Å². The summed E-state index contributed by atoms with van der Waals surface area (Å²) in [5, 5.41) is 4.59. The fourth-order valence-corrected chi connectivity index (χ4v) is 4.01. The molecule has 1 aromatic carbocycles. The minimum absolute atomic E-state index is 0. The van der Waals surface area contributed by atoms with Crippen LogP contribution in [0.15, 0.2) is 54.9 Å². The Morgan fingerprint density at radius 3 is 2.58 bits per heavy atom. The summed E-state index contributed by atoms with van der Waals surface area (Å²) in [6, 6.07) is 11.9. The van der Waals surface area contributed by atoms with Gasteiger partial charge in [-0.25, -0.2) is 9.50 Å². The Morgan fingerprint density at radius 2 is 1.86 bits per heavy atom. The van der Waals surface area contributed by atoms with Crippen molar-refractivity contribution in [2.24, 2.45) is 0 Å². The Labute approximate surface area is 215 Å². The average Bonchev–Trinajstić information content (AvgIpc) is 3.47. The standard InChI is InChI=1S/C25H21F3N5O2.Mn/c26-25(27,28)19-13-18(14-29-15-19)22-16-30-23-9-8-21(31-33(22)23)17-4-6-20(7-5-17)35-12-2-11-32-10-1-3-24(32)34;/h4-9,13-14,16H,1-3,10-12H2;/q-1;. The van der Waals surface area contributed by atoms with Crippen LogP contribution in [-0.2, 0) is 28.0 Å². The first kappa shape index (κ1) is 25.7. The van der Waals surface area contributed by atoms with Gasteiger partial charge in [-0.05, 0) is 54.8 Å². The number of carbonyl (C=O) groups is 1. The topological polar surface area (TPSA) is 72.6 Å². The molecule has 1 radical (unpaired) electrons. The molecular weight excluding hydrogens is 514 g/mol. The number of benzene rings is 1. The average molecular weight is 535 g/mol. The summed E-state index contributed by atoms with van der Waals surface area (Å²) in [5.41, 5.74) is 1.63. The molecule has 7 nitrogen and oxygen atoms in total. The Bertz CT molecular complexity index is 1360. The van der Waals surface area contributed by atoms with Gasteiger partial charge in [0.25, 0.3) is 0 Å². The quantitative estimate of drug-likeness (QED) is 0.196. The van der Waals surface area contributed by atoms with E-state index in [-0.39, 0.29) is 28.5 Å². The largest absolute Gasteiger partial charge is 0.494 e. The van der Waals surface area contributed by atoms with E-state index in [2.05, 4.69) is 15.1 Å². The second kappa shape index (κ2) is 10.7. The minimum Gasteiger partial charge on any atom is -0.494 e. The number of nitrogens with zero attached hydrogens (tertiary/aromatic N) is 5. The van der Waals surface area contributed by atoms with Crippen LogP contribution in [0, 0.1) is 6.20 Å². The number of amides is 1. The molecule has 1 aliphatic heterocycles. The molecule has 187 valence electrons. The van der Waals surface area contributed by atoms with Gasteiger partial charge < -0.3 is 14.6 Å². The first-order valence-electron chi connectivity index (χ1n) is 11.2. The molecule has 4 heterocycles. The molecule has 3 aromatic heterocycles. The zero-order chi connectivity index (χ0) is 24.4. The van der Waals surface area contributed by atoms with Crippen LogP contribution in [0.4, 0.5) is 13.2 Å². The summed E-state index contributed by atoms with van der Waals surface area (Å²) in [5.74, 6) is 0.916. The number of halogens is 3. The van der Waals surface area contributed by atoms with Gasteiger partial charge in [0, 0.05) is 42.1 Å². The number of aromatic nitrogens is 4. The van der Waals surface area contributed by atoms with Gasteiger partial charge in [0.15, 0.2) is 5.65 Å². The summed E-state index contributed by atoms with van der Waals surface area (Å²) in [7, 11) is 0. The van der Waals surface area contributed by atoms with E-state index in [9.17, 15) is 18.0 Å². The molecule has 5 rings (SSSR count). The van der Waals surface area contributed by atoms with Crippen molar-refractivity contribution in [3.05, 3.63) is 66.6 Å². The Kier molecular flexibility index (Phi) is 7.61. The Balaban J connectivity index is 0.00000304. The Hall–Kier alpha value is -3.43. The molecular formula is C25H21F3MnN5O2-. The fraction of sp³-hybridized carbons (Fsp3) is 0.280. The van der Waals surface area contributed by atoms with E-state index in [1.54, 1.807) is 12.1 Å². The van der Waals surface area contributed by atoms with Gasteiger partial charge in [-0.15, -0.1) is 6.07 Å². The van der Waals surface area contributed by atoms with Crippen molar-refractivity contribution in [3.63, 3.8) is 0 Å². The first-order valence-corrected chi connectivity index (χ1v) is 11.2. The fourth-order valence-electron chi connectivity index (χ4n) is 4.01. The third-order valence-corrected chi connectivity index (χ3v) is 5.81. The molecule has 1 aliphatic rings. The van der Waals surface area contributed by atoms with E-state index >= 15 is 0 Å². The monoisotopic (exact) mass is 535 g/mol. The number of imidazole rings is 1. The van der Waals surface area contributed by atoms with Gasteiger partial charge in [0.1, 0.15) is 5.75 Å². The van der Waals surface area contributed by atoms with E-state index in [0.717, 1.165) is 31.0 Å². The molecule has 0 bridgehead atoms. The predicted octanol–water partition coefficient (Wildman–Crippen LogP) is 4.67. The van der Waals surface area contributed by atoms with Crippen LogP contribution in [0.25, 0.3) is 28.2 Å². The SMILES string of the molecule is O=C1CCCN1CCCOc1ccc(-c2ccc3ncc(-c4cn[c-]c(C(F)(F)F)c4)n3n2)cc1.[Mn]. The van der Waals surface area contributed by atoms with Crippen LogP contribution >= 0.6 is 0 Å². The van der Waals surface area contributed by atoms with Crippen LogP contribution in [0.2, 0.25) is 0 Å². The summed E-state index contributed by atoms with van der Waals surface area (Å²) < 4.78 is 46.6. The molecule has 0 unspecified atom stereocenters. The van der Waals surface area contributed by atoms with Crippen molar-refractivity contribution in [1.82, 2.24) is 24.5 Å². The molecule has 0 spiro atoms. The smallest absolute Gasteiger partial charge is 0.395 e. The third kappa shape index (κ3) is 5.52. The van der Waals surface area contributed by atoms with E-state index in [1.807, 2.05) is 35.4 Å². The maximum atomic E-state index is 13.1. The summed E-state index contributed by atoms with van der Waals surface area (Å²) in [6.07, 6.45) is 2.54. The van der Waals surface area contributed by atoms with Gasteiger partial charge in [0.2, 0.25) is 5.91 Å². The van der Waals surface area contributed by atoms with Gasteiger partial charge in [-0.3, -0.25) is 4.79 Å². The van der Waals surface area contributed by atoms with Crippen molar-refractivity contribution in [1.29, 1.82) is 0 Å². The molecule has 4 aromatic rings. The normalized spacial score (nSPS) is 13.8. The molecule has 36 heavy (non-hydrogen) atoms. The molecule has 1 fully saturated rings. The molecule has 11 heteroatoms. The second-order valence-corrected chi connectivity index (χ2v) is 8.22. The van der Waals surface area contributed by atoms with E-state index in [0.29, 0.717) is 42.4 Å². The number of ether oxygens (including phenoxy) is 1. The van der Waals surface area contributed by atoms with E-state index in [1.165, 1.54) is 16.9 Å². The number of hydrogen-bond acceptors (Lipinski definition) is 5. The molecule has 0 N–H and O–H groups in total. The zero-order valence-electron chi connectivity index (χ0n) is 19.0. The van der Waals surface area contributed by atoms with Crippen molar-refractivity contribution in [2.75, 3.05) is 19.7 Å². The number of carbonyl (C=O) groups excluding carboxylic acids is 1. The van der Waals surface area contributed by atoms with Gasteiger partial charge in [-0.2, -0.15) is 18.3 Å². The third-order valence-electron chi connectivity index (χ3n) is 5.81. The van der Waals surface area contributed by atoms with E-state index < -0.39 is 11.7 Å². The number of rotatable bonds is 7. The van der Waals surface area contributed by atoms with Crippen molar-refractivity contribution >= 4 is 11.6 Å². The zero-order valence-corrected chi connectivity index (χ0v) is 20.2. The predicted molar refractivity (Wildman–Crippen MR) is 121 cm³/mol. The van der Waals surface area contributed by atoms with E-state index in [4.69, 9.17) is 4.74 Å². The molecule has 0 saturated carbocycles. The molecule has 0 aliphatic carbocycles. The number of hydrogen-bond donors (Lipinski definition) is 0. The van der Waals surface area contributed by atoms with Crippen LogP contribution in [0.1, 0.15) is 24.8 Å². The van der Waals surface area contributed by atoms with Crippen LogP contribution in [0.5, 0.6) is 5.75 Å². The van der Waals surface area contributed by atoms with Crippen LogP contribution in [0.3, 0.4) is 0 Å². The molecule has 0 atom stereocenters. The maximum Gasteiger partial charge on any atom is 0.395 e. The van der Waals surface area contributed by atoms with Gasteiger partial charge in [-0.1, -0.05) is 18.0 Å². The molecule has 1 saturated heterocycles.